The Balaban J connectivity index is 2.25. The van der Waals surface area contributed by atoms with Crippen molar-refractivity contribution in [2.24, 2.45) is 5.92 Å². The minimum atomic E-state index is 0.598. The van der Waals surface area contributed by atoms with E-state index in [1.807, 2.05) is 11.8 Å². The Labute approximate surface area is 118 Å². The molecule has 96 valence electrons. The predicted molar refractivity (Wildman–Crippen MR) is 81.8 cm³/mol. The van der Waals surface area contributed by atoms with Gasteiger partial charge in [-0.1, -0.05) is 32.9 Å². The molecule has 0 aromatic heterocycles. The second kappa shape index (κ2) is 8.17. The van der Waals surface area contributed by atoms with Crippen LogP contribution in [0.4, 0.5) is 0 Å². The van der Waals surface area contributed by atoms with E-state index < -0.39 is 0 Å². The maximum Gasteiger partial charge on any atom is 0.0311 e. The molecule has 0 amide bonds. The van der Waals surface area contributed by atoms with Gasteiger partial charge in [-0.3, -0.25) is 0 Å². The zero-order chi connectivity index (χ0) is 12.7. The van der Waals surface area contributed by atoms with E-state index in [0.717, 1.165) is 19.0 Å². The molecule has 0 fully saturated rings. The van der Waals surface area contributed by atoms with E-state index in [1.54, 1.807) is 0 Å². The molecule has 1 aromatic rings. The van der Waals surface area contributed by atoms with Crippen LogP contribution in [0.15, 0.2) is 33.6 Å². The van der Waals surface area contributed by atoms with Crippen LogP contribution in [0.2, 0.25) is 0 Å². The smallest absolute Gasteiger partial charge is 0.0311 e. The van der Waals surface area contributed by atoms with Gasteiger partial charge in [-0.15, -0.1) is 11.8 Å². The first kappa shape index (κ1) is 15.1. The highest BCUT2D eigenvalue weighted by Gasteiger charge is 2.06. The Bertz CT molecular complexity index is 328. The molecule has 1 unspecified atom stereocenters. The third-order valence-electron chi connectivity index (χ3n) is 2.50. The van der Waals surface area contributed by atoms with E-state index in [1.165, 1.54) is 15.8 Å². The van der Waals surface area contributed by atoms with Gasteiger partial charge in [0.05, 0.1) is 0 Å². The minimum absolute atomic E-state index is 0.598. The predicted octanol–water partition coefficient (Wildman–Crippen LogP) is 4.57. The molecule has 0 aliphatic heterocycles. The molecule has 17 heavy (non-hydrogen) atoms. The van der Waals surface area contributed by atoms with Crippen LogP contribution in [-0.2, 0) is 0 Å². The largest absolute Gasteiger partial charge is 0.316 e. The van der Waals surface area contributed by atoms with Crippen molar-refractivity contribution in [2.45, 2.75) is 37.3 Å². The molecule has 0 radical (unpaired) electrons. The highest BCUT2D eigenvalue weighted by Crippen LogP contribution is 2.29. The third-order valence-corrected chi connectivity index (χ3v) is 4.63. The van der Waals surface area contributed by atoms with Gasteiger partial charge in [0, 0.05) is 21.2 Å². The average molecular weight is 316 g/mol. The van der Waals surface area contributed by atoms with Crippen LogP contribution in [0.5, 0.6) is 0 Å². The summed E-state index contributed by atoms with van der Waals surface area (Å²) < 4.78 is 1.19. The normalized spacial score (nSPS) is 13.0. The number of thioether (sulfide) groups is 1. The molecule has 1 atom stereocenters. The zero-order valence-corrected chi connectivity index (χ0v) is 13.3. The first-order chi connectivity index (χ1) is 8.09. The van der Waals surface area contributed by atoms with Crippen LogP contribution in [-0.4, -0.2) is 18.3 Å². The van der Waals surface area contributed by atoms with Gasteiger partial charge in [0.15, 0.2) is 0 Å². The number of hydrogen-bond acceptors (Lipinski definition) is 2. The van der Waals surface area contributed by atoms with Crippen LogP contribution in [0.1, 0.15) is 27.2 Å². The van der Waals surface area contributed by atoms with Crippen LogP contribution >= 0.6 is 27.7 Å². The van der Waals surface area contributed by atoms with Crippen molar-refractivity contribution >= 4 is 27.7 Å². The average Bonchev–Trinajstić information content (AvgIpc) is 2.27. The molecule has 0 saturated heterocycles. The van der Waals surface area contributed by atoms with Crippen molar-refractivity contribution < 1.29 is 0 Å². The summed E-state index contributed by atoms with van der Waals surface area (Å²) in [5, 5.41) is 4.12. The SMILES string of the molecule is CC(C)CCNCC(C)Sc1ccccc1Br. The van der Waals surface area contributed by atoms with E-state index in [0.29, 0.717) is 5.25 Å². The van der Waals surface area contributed by atoms with Gasteiger partial charge in [0.1, 0.15) is 0 Å². The van der Waals surface area contributed by atoms with Gasteiger partial charge in [0.2, 0.25) is 0 Å². The van der Waals surface area contributed by atoms with E-state index >= 15 is 0 Å². The first-order valence-corrected chi connectivity index (χ1v) is 7.88. The van der Waals surface area contributed by atoms with E-state index in [-0.39, 0.29) is 0 Å². The van der Waals surface area contributed by atoms with Crippen molar-refractivity contribution in [2.75, 3.05) is 13.1 Å². The van der Waals surface area contributed by atoms with Crippen molar-refractivity contribution in [3.63, 3.8) is 0 Å². The van der Waals surface area contributed by atoms with Crippen LogP contribution < -0.4 is 5.32 Å². The molecule has 1 aromatic carbocycles. The van der Waals surface area contributed by atoms with E-state index in [4.69, 9.17) is 0 Å². The summed E-state index contributed by atoms with van der Waals surface area (Å²) in [7, 11) is 0. The Hall–Kier alpha value is 0.01000. The monoisotopic (exact) mass is 315 g/mol. The van der Waals surface area contributed by atoms with Crippen LogP contribution in [0, 0.1) is 5.92 Å². The fourth-order valence-electron chi connectivity index (χ4n) is 1.49. The molecule has 0 aliphatic rings. The molecule has 0 heterocycles. The molecule has 1 nitrogen and oxygen atoms in total. The lowest BCUT2D eigenvalue weighted by atomic mass is 10.1. The van der Waals surface area contributed by atoms with Gasteiger partial charge >= 0.3 is 0 Å². The van der Waals surface area contributed by atoms with Crippen LogP contribution in [0.3, 0.4) is 0 Å². The molecule has 0 bridgehead atoms. The third kappa shape index (κ3) is 6.49. The Morgan fingerprint density at radius 3 is 2.59 bits per heavy atom. The first-order valence-electron chi connectivity index (χ1n) is 6.21. The second-order valence-corrected chi connectivity index (χ2v) is 7.08. The standard InChI is InChI=1S/C14H22BrNS/c1-11(2)8-9-16-10-12(3)17-14-7-5-4-6-13(14)15/h4-7,11-12,16H,8-10H2,1-3H3. The second-order valence-electron chi connectivity index (χ2n) is 4.75. The van der Waals surface area contributed by atoms with Gasteiger partial charge in [0.25, 0.3) is 0 Å². The molecule has 0 aliphatic carbocycles. The van der Waals surface area contributed by atoms with Gasteiger partial charge in [-0.2, -0.15) is 0 Å². The van der Waals surface area contributed by atoms with Crippen molar-refractivity contribution in [3.05, 3.63) is 28.7 Å². The summed E-state index contributed by atoms with van der Waals surface area (Å²) in [6.45, 7) is 8.99. The molecule has 0 spiro atoms. The van der Waals surface area contributed by atoms with Crippen molar-refractivity contribution in [3.8, 4) is 0 Å². The van der Waals surface area contributed by atoms with Crippen LogP contribution in [0.25, 0.3) is 0 Å². The Morgan fingerprint density at radius 2 is 1.94 bits per heavy atom. The summed E-state index contributed by atoms with van der Waals surface area (Å²) in [5.41, 5.74) is 0. The summed E-state index contributed by atoms with van der Waals surface area (Å²) in [4.78, 5) is 1.32. The molecule has 1 rings (SSSR count). The molecular formula is C14H22BrNS. The summed E-state index contributed by atoms with van der Waals surface area (Å²) >= 11 is 5.50. The van der Waals surface area contributed by atoms with Crippen molar-refractivity contribution in [1.29, 1.82) is 0 Å². The molecular weight excluding hydrogens is 294 g/mol. The quantitative estimate of drug-likeness (QED) is 0.584. The highest BCUT2D eigenvalue weighted by molar-refractivity contribution is 9.10. The van der Waals surface area contributed by atoms with Gasteiger partial charge < -0.3 is 5.32 Å². The number of nitrogens with one attached hydrogen (secondary N) is 1. The van der Waals surface area contributed by atoms with E-state index in [2.05, 4.69) is 66.3 Å². The summed E-state index contributed by atoms with van der Waals surface area (Å²) in [6.07, 6.45) is 1.26. The maximum absolute atomic E-state index is 3.58. The molecule has 0 saturated carbocycles. The van der Waals surface area contributed by atoms with Crippen molar-refractivity contribution in [1.82, 2.24) is 5.32 Å². The van der Waals surface area contributed by atoms with E-state index in [9.17, 15) is 0 Å². The Kier molecular flexibility index (Phi) is 7.24. The molecule has 1 N–H and O–H groups in total. The lowest BCUT2D eigenvalue weighted by molar-refractivity contribution is 0.539. The highest BCUT2D eigenvalue weighted by atomic mass is 79.9. The van der Waals surface area contributed by atoms with Gasteiger partial charge in [-0.25, -0.2) is 0 Å². The fourth-order valence-corrected chi connectivity index (χ4v) is 3.03. The minimum Gasteiger partial charge on any atom is -0.316 e. The lowest BCUT2D eigenvalue weighted by Crippen LogP contribution is -2.24. The number of benzene rings is 1. The summed E-state index contributed by atoms with van der Waals surface area (Å²) in [5.74, 6) is 0.786. The summed E-state index contributed by atoms with van der Waals surface area (Å²) in [6, 6.07) is 8.41. The number of rotatable bonds is 7. The fraction of sp³-hybridized carbons (Fsp3) is 0.571. The topological polar surface area (TPSA) is 12.0 Å². The van der Waals surface area contributed by atoms with Gasteiger partial charge in [-0.05, 0) is 46.9 Å². The maximum atomic E-state index is 3.58. The zero-order valence-electron chi connectivity index (χ0n) is 10.9. The lowest BCUT2D eigenvalue weighted by Gasteiger charge is -2.14. The molecule has 3 heteroatoms. The Morgan fingerprint density at radius 1 is 1.24 bits per heavy atom. The number of halogens is 1. The number of hydrogen-bond donors (Lipinski definition) is 1.